The number of alkyl halides is 1. The van der Waals surface area contributed by atoms with Crippen LogP contribution in [-0.4, -0.2) is 24.9 Å². The zero-order valence-corrected chi connectivity index (χ0v) is 10.5. The highest BCUT2D eigenvalue weighted by Crippen LogP contribution is 2.30. The minimum Gasteiger partial charge on any atom is -0.439 e. The summed E-state index contributed by atoms with van der Waals surface area (Å²) in [4.78, 5) is 13.1. The molecule has 14 heavy (non-hydrogen) atoms. The van der Waals surface area contributed by atoms with Gasteiger partial charge in [-0.15, -0.1) is 0 Å². The van der Waals surface area contributed by atoms with Crippen molar-refractivity contribution in [1.29, 1.82) is 0 Å². The number of rotatable bonds is 2. The van der Waals surface area contributed by atoms with Gasteiger partial charge in [-0.3, -0.25) is 4.79 Å². The van der Waals surface area contributed by atoms with Crippen molar-refractivity contribution in [2.75, 3.05) is 14.1 Å². The van der Waals surface area contributed by atoms with Crippen molar-refractivity contribution >= 4 is 33.4 Å². The van der Waals surface area contributed by atoms with Crippen molar-refractivity contribution in [2.45, 2.75) is 11.8 Å². The van der Waals surface area contributed by atoms with Gasteiger partial charge in [0.15, 0.2) is 11.0 Å². The molecule has 0 saturated heterocycles. The number of hydrogen-bond acceptors (Lipinski definition) is 2. The van der Waals surface area contributed by atoms with Gasteiger partial charge in [-0.2, -0.15) is 0 Å². The molecule has 0 fully saturated rings. The average Bonchev–Trinajstić information content (AvgIpc) is 2.45. The lowest BCUT2D eigenvalue weighted by Gasteiger charge is -2.09. The van der Waals surface area contributed by atoms with Crippen molar-refractivity contribution in [2.24, 2.45) is 0 Å². The summed E-state index contributed by atoms with van der Waals surface area (Å²) in [5.74, 6) is 0.113. The second kappa shape index (κ2) is 4.36. The van der Waals surface area contributed by atoms with Crippen molar-refractivity contribution in [3.8, 4) is 0 Å². The van der Waals surface area contributed by atoms with Crippen LogP contribution in [0.15, 0.2) is 10.5 Å². The second-order valence-corrected chi connectivity index (χ2v) is 4.90. The van der Waals surface area contributed by atoms with Crippen molar-refractivity contribution in [3.05, 3.63) is 22.6 Å². The molecule has 1 aromatic rings. The standard InChI is InChI=1S/C9H11BrClNO2/c1-5(10)6-4-7(11)14-8(6)9(13)12(2)3/h4-5H,1-3H3. The van der Waals surface area contributed by atoms with Gasteiger partial charge in [-0.25, -0.2) is 0 Å². The molecule has 0 N–H and O–H groups in total. The number of furan rings is 1. The maximum Gasteiger partial charge on any atom is 0.289 e. The normalized spacial score (nSPS) is 12.6. The molecular formula is C9H11BrClNO2. The molecule has 0 saturated carbocycles. The monoisotopic (exact) mass is 279 g/mol. The van der Waals surface area contributed by atoms with Gasteiger partial charge in [-0.05, 0) is 18.5 Å². The van der Waals surface area contributed by atoms with E-state index in [-0.39, 0.29) is 16.0 Å². The number of carbonyl (C=O) groups is 1. The Labute approximate surface area is 96.1 Å². The molecule has 0 bridgehead atoms. The Kier molecular flexibility index (Phi) is 3.61. The first-order valence-corrected chi connectivity index (χ1v) is 5.37. The van der Waals surface area contributed by atoms with E-state index in [9.17, 15) is 4.79 Å². The third-order valence-electron chi connectivity index (χ3n) is 1.76. The Balaban J connectivity index is 3.13. The van der Waals surface area contributed by atoms with Crippen LogP contribution in [-0.2, 0) is 0 Å². The fourth-order valence-corrected chi connectivity index (χ4v) is 1.57. The summed E-state index contributed by atoms with van der Waals surface area (Å²) in [5.41, 5.74) is 0.772. The maximum absolute atomic E-state index is 11.6. The zero-order valence-electron chi connectivity index (χ0n) is 8.17. The van der Waals surface area contributed by atoms with E-state index in [1.807, 2.05) is 6.92 Å². The summed E-state index contributed by atoms with van der Waals surface area (Å²) in [6.45, 7) is 1.91. The number of carbonyl (C=O) groups excluding carboxylic acids is 1. The third kappa shape index (κ3) is 2.30. The Morgan fingerprint density at radius 3 is 2.64 bits per heavy atom. The van der Waals surface area contributed by atoms with Crippen molar-refractivity contribution < 1.29 is 9.21 Å². The molecule has 78 valence electrons. The molecule has 1 aromatic heterocycles. The molecule has 1 heterocycles. The van der Waals surface area contributed by atoms with Crippen molar-refractivity contribution in [1.82, 2.24) is 4.90 Å². The van der Waals surface area contributed by atoms with E-state index in [0.29, 0.717) is 5.76 Å². The number of amides is 1. The second-order valence-electron chi connectivity index (χ2n) is 3.15. The first-order chi connectivity index (χ1) is 6.43. The van der Waals surface area contributed by atoms with E-state index in [1.54, 1.807) is 20.2 Å². The number of hydrogen-bond donors (Lipinski definition) is 0. The molecule has 0 aliphatic carbocycles. The highest BCUT2D eigenvalue weighted by molar-refractivity contribution is 9.09. The molecule has 5 heteroatoms. The molecule has 0 aliphatic rings. The van der Waals surface area contributed by atoms with E-state index >= 15 is 0 Å². The van der Waals surface area contributed by atoms with E-state index in [0.717, 1.165) is 5.56 Å². The Morgan fingerprint density at radius 1 is 1.64 bits per heavy atom. The summed E-state index contributed by atoms with van der Waals surface area (Å²) in [6, 6.07) is 1.65. The Hall–Kier alpha value is -0.480. The van der Waals surface area contributed by atoms with Crippen LogP contribution < -0.4 is 0 Å². The van der Waals surface area contributed by atoms with Gasteiger partial charge in [0.1, 0.15) is 0 Å². The summed E-state index contributed by atoms with van der Waals surface area (Å²) < 4.78 is 5.14. The van der Waals surface area contributed by atoms with Crippen LogP contribution in [0.4, 0.5) is 0 Å². The van der Waals surface area contributed by atoms with Crippen LogP contribution in [0.3, 0.4) is 0 Å². The fraction of sp³-hybridized carbons (Fsp3) is 0.444. The van der Waals surface area contributed by atoms with Gasteiger partial charge in [0, 0.05) is 30.6 Å². The molecule has 0 spiro atoms. The highest BCUT2D eigenvalue weighted by Gasteiger charge is 2.21. The van der Waals surface area contributed by atoms with Gasteiger partial charge in [-0.1, -0.05) is 15.9 Å². The fourth-order valence-electron chi connectivity index (χ4n) is 1.04. The predicted octanol–water partition coefficient (Wildman–Crippen LogP) is 3.09. The van der Waals surface area contributed by atoms with Gasteiger partial charge in [0.05, 0.1) is 0 Å². The number of nitrogens with zero attached hydrogens (tertiary/aromatic N) is 1. The molecule has 1 atom stereocenters. The van der Waals surface area contributed by atoms with E-state index < -0.39 is 0 Å². The smallest absolute Gasteiger partial charge is 0.289 e. The van der Waals surface area contributed by atoms with Crippen molar-refractivity contribution in [3.63, 3.8) is 0 Å². The third-order valence-corrected chi connectivity index (χ3v) is 2.44. The highest BCUT2D eigenvalue weighted by atomic mass is 79.9. The molecule has 1 rings (SSSR count). The van der Waals surface area contributed by atoms with Gasteiger partial charge in [0.2, 0.25) is 0 Å². The average molecular weight is 281 g/mol. The largest absolute Gasteiger partial charge is 0.439 e. The minimum atomic E-state index is -0.182. The lowest BCUT2D eigenvalue weighted by Crippen LogP contribution is -2.22. The lowest BCUT2D eigenvalue weighted by atomic mass is 10.2. The molecular weight excluding hydrogens is 269 g/mol. The maximum atomic E-state index is 11.6. The summed E-state index contributed by atoms with van der Waals surface area (Å²) in [5, 5.41) is 0.233. The first-order valence-electron chi connectivity index (χ1n) is 4.08. The van der Waals surface area contributed by atoms with Crippen LogP contribution in [0.1, 0.15) is 27.9 Å². The van der Waals surface area contributed by atoms with Crippen LogP contribution in [0.2, 0.25) is 5.22 Å². The topological polar surface area (TPSA) is 33.5 Å². The summed E-state index contributed by atoms with van der Waals surface area (Å²) in [7, 11) is 3.34. The molecule has 1 unspecified atom stereocenters. The molecule has 1 amide bonds. The zero-order chi connectivity index (χ0) is 10.9. The van der Waals surface area contributed by atoms with E-state index in [2.05, 4.69) is 15.9 Å². The Bertz CT molecular complexity index is 347. The van der Waals surface area contributed by atoms with E-state index in [1.165, 1.54) is 4.90 Å². The Morgan fingerprint density at radius 2 is 2.21 bits per heavy atom. The van der Waals surface area contributed by atoms with Gasteiger partial charge < -0.3 is 9.32 Å². The summed E-state index contributed by atoms with van der Waals surface area (Å²) in [6.07, 6.45) is 0. The quantitative estimate of drug-likeness (QED) is 0.780. The van der Waals surface area contributed by atoms with E-state index in [4.69, 9.17) is 16.0 Å². The molecule has 0 aliphatic heterocycles. The molecule has 0 radical (unpaired) electrons. The SMILES string of the molecule is CC(Br)c1cc(Cl)oc1C(=O)N(C)C. The van der Waals surface area contributed by atoms with Gasteiger partial charge in [0.25, 0.3) is 5.91 Å². The molecule has 3 nitrogen and oxygen atoms in total. The minimum absolute atomic E-state index is 0.0395. The number of halogens is 2. The van der Waals surface area contributed by atoms with Crippen LogP contribution in [0.25, 0.3) is 0 Å². The predicted molar refractivity (Wildman–Crippen MR) is 59.1 cm³/mol. The van der Waals surface area contributed by atoms with Gasteiger partial charge >= 0.3 is 0 Å². The van der Waals surface area contributed by atoms with Crippen LogP contribution in [0, 0.1) is 0 Å². The molecule has 0 aromatic carbocycles. The first kappa shape index (κ1) is 11.6. The summed E-state index contributed by atoms with van der Waals surface area (Å²) >= 11 is 9.07. The lowest BCUT2D eigenvalue weighted by molar-refractivity contribution is 0.0795. The van der Waals surface area contributed by atoms with Crippen LogP contribution >= 0.6 is 27.5 Å². The van der Waals surface area contributed by atoms with Crippen LogP contribution in [0.5, 0.6) is 0 Å².